The topological polar surface area (TPSA) is 111 Å². The highest BCUT2D eigenvalue weighted by molar-refractivity contribution is 7.90. The monoisotopic (exact) mass is 360 g/mol. The summed E-state index contributed by atoms with van der Waals surface area (Å²) in [6, 6.07) is 9.72. The predicted molar refractivity (Wildman–Crippen MR) is 88.2 cm³/mol. The van der Waals surface area contributed by atoms with Crippen LogP contribution in [-0.4, -0.2) is 32.0 Å². The molecule has 25 heavy (non-hydrogen) atoms. The molecule has 0 fully saturated rings. The molecule has 0 spiro atoms. The zero-order valence-corrected chi connectivity index (χ0v) is 13.7. The van der Waals surface area contributed by atoms with Gasteiger partial charge in [0, 0.05) is 6.26 Å². The summed E-state index contributed by atoms with van der Waals surface area (Å²) in [4.78, 5) is 22.3. The highest BCUT2D eigenvalue weighted by Gasteiger charge is 2.15. The normalized spacial score (nSPS) is 11.4. The van der Waals surface area contributed by atoms with Gasteiger partial charge in [-0.1, -0.05) is 0 Å². The minimum absolute atomic E-state index is 0.0369. The number of benzene rings is 2. The van der Waals surface area contributed by atoms with Gasteiger partial charge < -0.3 is 14.3 Å². The third-order valence-electron chi connectivity index (χ3n) is 3.46. The Kier molecular flexibility index (Phi) is 4.05. The van der Waals surface area contributed by atoms with Crippen molar-refractivity contribution in [1.82, 2.24) is 0 Å². The van der Waals surface area contributed by atoms with Crippen molar-refractivity contribution in [2.45, 2.75) is 4.90 Å². The Morgan fingerprint density at radius 1 is 1.16 bits per heavy atom. The Hall–Kier alpha value is -3.13. The van der Waals surface area contributed by atoms with Gasteiger partial charge in [0.2, 0.25) is 0 Å². The Morgan fingerprint density at radius 3 is 2.40 bits per heavy atom. The Morgan fingerprint density at radius 2 is 1.84 bits per heavy atom. The summed E-state index contributed by atoms with van der Waals surface area (Å²) in [5.41, 5.74) is 0.131. The van der Waals surface area contributed by atoms with Crippen molar-refractivity contribution in [3.63, 3.8) is 0 Å². The molecule has 8 heteroatoms. The summed E-state index contributed by atoms with van der Waals surface area (Å²) >= 11 is 0. The number of aromatic carboxylic acids is 1. The number of aldehydes is 1. The number of hydrogen-bond acceptors (Lipinski definition) is 6. The van der Waals surface area contributed by atoms with Crippen LogP contribution < -0.4 is 4.74 Å². The number of carbonyl (C=O) groups excluding carboxylic acids is 1. The lowest BCUT2D eigenvalue weighted by Crippen LogP contribution is -1.98. The van der Waals surface area contributed by atoms with Gasteiger partial charge in [-0.15, -0.1) is 0 Å². The third-order valence-corrected chi connectivity index (χ3v) is 4.59. The van der Waals surface area contributed by atoms with Gasteiger partial charge in [-0.2, -0.15) is 0 Å². The van der Waals surface area contributed by atoms with Crippen LogP contribution in [0.3, 0.4) is 0 Å². The number of ether oxygens (including phenoxy) is 1. The molecule has 3 aromatic rings. The van der Waals surface area contributed by atoms with E-state index in [1.807, 2.05) is 0 Å². The van der Waals surface area contributed by atoms with E-state index in [2.05, 4.69) is 0 Å². The fraction of sp³-hybridized carbons (Fsp3) is 0.0588. The lowest BCUT2D eigenvalue weighted by molar-refractivity contribution is 0.0696. The standard InChI is InChI=1S/C17H12O7S/c1-25(21,22)13-4-2-11(3-5-13)23-15-6-10(17(19)20)7-16-14(15)8-12(9-18)24-16/h2-9H,1H3,(H,19,20). The van der Waals surface area contributed by atoms with Crippen molar-refractivity contribution >= 4 is 33.1 Å². The van der Waals surface area contributed by atoms with Crippen LogP contribution in [0.5, 0.6) is 11.5 Å². The molecule has 1 heterocycles. The van der Waals surface area contributed by atoms with Gasteiger partial charge in [0.1, 0.15) is 17.1 Å². The molecule has 128 valence electrons. The molecule has 1 N–H and O–H groups in total. The average molecular weight is 360 g/mol. The summed E-state index contributed by atoms with van der Waals surface area (Å²) < 4.78 is 33.9. The van der Waals surface area contributed by atoms with Crippen molar-refractivity contribution < 1.29 is 32.3 Å². The Bertz CT molecular complexity index is 1080. The molecule has 0 bridgehead atoms. The maximum Gasteiger partial charge on any atom is 0.335 e. The number of furan rings is 1. The van der Waals surface area contributed by atoms with E-state index in [9.17, 15) is 23.1 Å². The molecule has 0 radical (unpaired) electrons. The molecule has 0 aliphatic heterocycles. The van der Waals surface area contributed by atoms with E-state index in [1.165, 1.54) is 42.5 Å². The smallest absolute Gasteiger partial charge is 0.335 e. The first kappa shape index (κ1) is 16.7. The van der Waals surface area contributed by atoms with Crippen molar-refractivity contribution in [3.05, 3.63) is 53.8 Å². The van der Waals surface area contributed by atoms with Gasteiger partial charge >= 0.3 is 5.97 Å². The lowest BCUT2D eigenvalue weighted by atomic mass is 10.1. The van der Waals surface area contributed by atoms with E-state index in [4.69, 9.17) is 9.15 Å². The van der Waals surface area contributed by atoms with Crippen LogP contribution >= 0.6 is 0 Å². The SMILES string of the molecule is CS(=O)(=O)c1ccc(Oc2cc(C(=O)O)cc3oc(C=O)cc23)cc1. The fourth-order valence-corrected chi connectivity index (χ4v) is 2.90. The van der Waals surface area contributed by atoms with Gasteiger partial charge in [-0.05, 0) is 42.5 Å². The molecule has 0 unspecified atom stereocenters. The Labute approximate surface area is 142 Å². The zero-order chi connectivity index (χ0) is 18.2. The Balaban J connectivity index is 2.06. The molecule has 0 atom stereocenters. The number of hydrogen-bond donors (Lipinski definition) is 1. The first-order chi connectivity index (χ1) is 11.8. The maximum atomic E-state index is 11.5. The van der Waals surface area contributed by atoms with Crippen molar-refractivity contribution in [1.29, 1.82) is 0 Å². The van der Waals surface area contributed by atoms with Gasteiger partial charge in [-0.25, -0.2) is 13.2 Å². The first-order valence-electron chi connectivity index (χ1n) is 7.02. The number of rotatable bonds is 5. The number of carboxylic acid groups (broad SMARTS) is 1. The fourth-order valence-electron chi connectivity index (χ4n) is 2.27. The van der Waals surface area contributed by atoms with Gasteiger partial charge in [0.05, 0.1) is 15.8 Å². The molecule has 2 aromatic carbocycles. The van der Waals surface area contributed by atoms with Crippen LogP contribution in [0.1, 0.15) is 20.9 Å². The van der Waals surface area contributed by atoms with Crippen molar-refractivity contribution in [2.75, 3.05) is 6.26 Å². The zero-order valence-electron chi connectivity index (χ0n) is 12.9. The van der Waals surface area contributed by atoms with E-state index < -0.39 is 15.8 Å². The molecule has 3 rings (SSSR count). The van der Waals surface area contributed by atoms with E-state index in [1.54, 1.807) is 0 Å². The molecule has 0 saturated heterocycles. The quantitative estimate of drug-likeness (QED) is 0.696. The number of sulfone groups is 1. The summed E-state index contributed by atoms with van der Waals surface area (Å²) in [5.74, 6) is -0.651. The molecular weight excluding hydrogens is 348 g/mol. The summed E-state index contributed by atoms with van der Waals surface area (Å²) in [7, 11) is -3.33. The molecular formula is C17H12O7S. The van der Waals surface area contributed by atoms with E-state index in [0.717, 1.165) is 6.26 Å². The predicted octanol–water partition coefficient (Wildman–Crippen LogP) is 3.14. The van der Waals surface area contributed by atoms with Crippen LogP contribution in [0, 0.1) is 0 Å². The van der Waals surface area contributed by atoms with Crippen LogP contribution in [-0.2, 0) is 9.84 Å². The van der Waals surface area contributed by atoms with E-state index in [0.29, 0.717) is 17.4 Å². The number of carboxylic acids is 1. The molecule has 0 amide bonds. The van der Waals surface area contributed by atoms with Gasteiger partial charge in [0.15, 0.2) is 21.9 Å². The highest BCUT2D eigenvalue weighted by Crippen LogP contribution is 2.33. The number of carbonyl (C=O) groups is 2. The maximum absolute atomic E-state index is 11.5. The summed E-state index contributed by atoms with van der Waals surface area (Å²) in [5, 5.41) is 9.62. The molecule has 0 saturated carbocycles. The molecule has 0 aliphatic rings. The molecule has 1 aromatic heterocycles. The number of fused-ring (bicyclic) bond motifs is 1. The van der Waals surface area contributed by atoms with Crippen molar-refractivity contribution in [3.8, 4) is 11.5 Å². The van der Waals surface area contributed by atoms with Crippen LogP contribution in [0.2, 0.25) is 0 Å². The highest BCUT2D eigenvalue weighted by atomic mass is 32.2. The van der Waals surface area contributed by atoms with E-state index >= 15 is 0 Å². The second kappa shape index (κ2) is 6.06. The second-order valence-corrected chi connectivity index (χ2v) is 7.32. The minimum atomic E-state index is -3.33. The lowest BCUT2D eigenvalue weighted by Gasteiger charge is -2.08. The summed E-state index contributed by atoms with van der Waals surface area (Å²) in [6.45, 7) is 0. The minimum Gasteiger partial charge on any atom is -0.478 e. The average Bonchev–Trinajstić information content (AvgIpc) is 2.98. The van der Waals surface area contributed by atoms with Gasteiger partial charge in [-0.3, -0.25) is 4.79 Å². The van der Waals surface area contributed by atoms with Crippen LogP contribution in [0.25, 0.3) is 11.0 Å². The largest absolute Gasteiger partial charge is 0.478 e. The van der Waals surface area contributed by atoms with Crippen LogP contribution in [0.15, 0.2) is 51.8 Å². The molecule has 0 aliphatic carbocycles. The summed E-state index contributed by atoms with van der Waals surface area (Å²) in [6.07, 6.45) is 1.60. The first-order valence-corrected chi connectivity index (χ1v) is 8.91. The van der Waals surface area contributed by atoms with Crippen molar-refractivity contribution in [2.24, 2.45) is 0 Å². The second-order valence-electron chi connectivity index (χ2n) is 5.30. The molecule has 7 nitrogen and oxygen atoms in total. The van der Waals surface area contributed by atoms with Crippen LogP contribution in [0.4, 0.5) is 0 Å². The van der Waals surface area contributed by atoms with Gasteiger partial charge in [0.25, 0.3) is 0 Å². The van der Waals surface area contributed by atoms with E-state index in [-0.39, 0.29) is 27.6 Å². The third kappa shape index (κ3) is 3.38.